The van der Waals surface area contributed by atoms with Crippen LogP contribution < -0.4 is 5.73 Å². The molecule has 0 aromatic carbocycles. The predicted octanol–water partition coefficient (Wildman–Crippen LogP) is 1.47. The SMILES string of the molecule is C=N/C=C\C(=NC/C(=C/N=C)N1C=C(C#N)N=CC1)N1CCOC(/C(C=N)=C/N)C1C. The molecule has 1 fully saturated rings. The van der Waals surface area contributed by atoms with Crippen LogP contribution in [-0.2, 0) is 4.74 Å². The third-order valence-corrected chi connectivity index (χ3v) is 4.78. The van der Waals surface area contributed by atoms with Gasteiger partial charge < -0.3 is 25.7 Å². The normalized spacial score (nSPS) is 22.8. The van der Waals surface area contributed by atoms with Crippen molar-refractivity contribution in [1.29, 1.82) is 10.7 Å². The lowest BCUT2D eigenvalue weighted by molar-refractivity contribution is -0.0152. The molecule has 3 N–H and O–H groups in total. The van der Waals surface area contributed by atoms with Crippen LogP contribution in [0.25, 0.3) is 0 Å². The van der Waals surface area contributed by atoms with Gasteiger partial charge in [0, 0.05) is 49.3 Å². The summed E-state index contributed by atoms with van der Waals surface area (Å²) < 4.78 is 5.85. The second-order valence-electron chi connectivity index (χ2n) is 6.60. The average Bonchev–Trinajstić information content (AvgIpc) is 2.80. The highest BCUT2D eigenvalue weighted by Gasteiger charge is 2.32. The van der Waals surface area contributed by atoms with Gasteiger partial charge in [-0.25, -0.2) is 4.99 Å². The number of hydrogen-bond donors (Lipinski definition) is 2. The first-order chi connectivity index (χ1) is 15.1. The number of nitrogens with two attached hydrogens (primary N) is 1. The van der Waals surface area contributed by atoms with Gasteiger partial charge in [-0.2, -0.15) is 5.26 Å². The van der Waals surface area contributed by atoms with E-state index in [2.05, 4.69) is 33.3 Å². The Bertz CT molecular complexity index is 904. The van der Waals surface area contributed by atoms with Crippen LogP contribution in [0.4, 0.5) is 0 Å². The summed E-state index contributed by atoms with van der Waals surface area (Å²) in [4.78, 5) is 20.4. The van der Waals surface area contributed by atoms with E-state index in [9.17, 15) is 0 Å². The first-order valence-electron chi connectivity index (χ1n) is 9.62. The van der Waals surface area contributed by atoms with Crippen LogP contribution in [0.15, 0.2) is 67.8 Å². The van der Waals surface area contributed by atoms with E-state index in [1.165, 1.54) is 12.4 Å². The van der Waals surface area contributed by atoms with Crippen LogP contribution in [0.1, 0.15) is 6.92 Å². The number of rotatable bonds is 8. The Morgan fingerprint density at radius 3 is 2.94 bits per heavy atom. The number of hydrogen-bond acceptors (Lipinski definition) is 9. The summed E-state index contributed by atoms with van der Waals surface area (Å²) in [6, 6.07) is 1.92. The summed E-state index contributed by atoms with van der Waals surface area (Å²) in [5.74, 6) is 0.680. The van der Waals surface area contributed by atoms with E-state index < -0.39 is 0 Å². The molecule has 0 aliphatic carbocycles. The molecule has 0 aromatic rings. The summed E-state index contributed by atoms with van der Waals surface area (Å²) >= 11 is 0. The maximum absolute atomic E-state index is 9.13. The van der Waals surface area contributed by atoms with Gasteiger partial charge in [0.1, 0.15) is 18.0 Å². The molecule has 10 heteroatoms. The number of nitrogens with one attached hydrogen (secondary N) is 1. The van der Waals surface area contributed by atoms with Gasteiger partial charge >= 0.3 is 0 Å². The second kappa shape index (κ2) is 12.0. The van der Waals surface area contributed by atoms with Gasteiger partial charge in [0.05, 0.1) is 31.4 Å². The Kier molecular flexibility index (Phi) is 9.07. The zero-order valence-electron chi connectivity index (χ0n) is 17.6. The summed E-state index contributed by atoms with van der Waals surface area (Å²) in [5, 5.41) is 16.7. The number of nitriles is 1. The molecule has 31 heavy (non-hydrogen) atoms. The van der Waals surface area contributed by atoms with Crippen molar-refractivity contribution in [2.75, 3.05) is 26.2 Å². The highest BCUT2D eigenvalue weighted by atomic mass is 16.5. The molecule has 10 nitrogen and oxygen atoms in total. The van der Waals surface area contributed by atoms with Crippen molar-refractivity contribution in [3.63, 3.8) is 0 Å². The Balaban J connectivity index is 2.32. The highest BCUT2D eigenvalue weighted by Crippen LogP contribution is 2.21. The summed E-state index contributed by atoms with van der Waals surface area (Å²) in [7, 11) is 0. The van der Waals surface area contributed by atoms with Crippen molar-refractivity contribution in [3.8, 4) is 6.07 Å². The molecule has 0 amide bonds. The topological polar surface area (TPSA) is 139 Å². The molecule has 0 radical (unpaired) electrons. The largest absolute Gasteiger partial charge is 0.404 e. The summed E-state index contributed by atoms with van der Waals surface area (Å²) in [6.45, 7) is 10.9. The molecule has 0 spiro atoms. The molecule has 2 atom stereocenters. The minimum atomic E-state index is -0.351. The van der Waals surface area contributed by atoms with E-state index in [4.69, 9.17) is 26.1 Å². The number of ether oxygens (including phenoxy) is 1. The molecule has 0 aromatic heterocycles. The van der Waals surface area contributed by atoms with Gasteiger partial charge in [-0.05, 0) is 26.4 Å². The zero-order valence-corrected chi connectivity index (χ0v) is 17.6. The lowest BCUT2D eigenvalue weighted by Crippen LogP contribution is -2.52. The van der Waals surface area contributed by atoms with E-state index in [-0.39, 0.29) is 18.7 Å². The Morgan fingerprint density at radius 2 is 2.29 bits per heavy atom. The van der Waals surface area contributed by atoms with Crippen molar-refractivity contribution in [2.45, 2.75) is 19.1 Å². The summed E-state index contributed by atoms with van der Waals surface area (Å²) in [6.07, 6.45) is 10.5. The lowest BCUT2D eigenvalue weighted by atomic mass is 10.0. The fourth-order valence-corrected chi connectivity index (χ4v) is 3.26. The fourth-order valence-electron chi connectivity index (χ4n) is 3.26. The second-order valence-corrected chi connectivity index (χ2v) is 6.60. The Hall–Kier alpha value is -3.84. The molecule has 1 saturated heterocycles. The first kappa shape index (κ1) is 23.4. The van der Waals surface area contributed by atoms with Crippen molar-refractivity contribution < 1.29 is 4.74 Å². The molecule has 2 unspecified atom stereocenters. The molecular formula is C21H27N9O. The van der Waals surface area contributed by atoms with Gasteiger partial charge in [0.2, 0.25) is 0 Å². The number of nitrogens with zero attached hydrogens (tertiary/aromatic N) is 7. The van der Waals surface area contributed by atoms with E-state index >= 15 is 0 Å². The van der Waals surface area contributed by atoms with E-state index in [1.807, 2.05) is 17.9 Å². The Morgan fingerprint density at radius 1 is 1.48 bits per heavy atom. The van der Waals surface area contributed by atoms with Crippen LogP contribution in [0.5, 0.6) is 0 Å². The first-order valence-corrected chi connectivity index (χ1v) is 9.62. The van der Waals surface area contributed by atoms with Gasteiger partial charge in [-0.15, -0.1) is 0 Å². The highest BCUT2D eigenvalue weighted by molar-refractivity contribution is 5.93. The maximum atomic E-state index is 9.13. The maximum Gasteiger partial charge on any atom is 0.156 e. The molecule has 162 valence electrons. The predicted molar refractivity (Wildman–Crippen MR) is 124 cm³/mol. The summed E-state index contributed by atoms with van der Waals surface area (Å²) in [5.41, 5.74) is 7.32. The zero-order chi connectivity index (χ0) is 22.6. The van der Waals surface area contributed by atoms with Crippen molar-refractivity contribution in [1.82, 2.24) is 9.80 Å². The number of morpholine rings is 1. The molecule has 2 heterocycles. The fraction of sp³-hybridized carbons (Fsp3) is 0.333. The molecular weight excluding hydrogens is 394 g/mol. The number of amidine groups is 1. The number of allylic oxidation sites excluding steroid dienone is 1. The van der Waals surface area contributed by atoms with Gasteiger partial charge in [0.25, 0.3) is 0 Å². The minimum absolute atomic E-state index is 0.115. The lowest BCUT2D eigenvalue weighted by Gasteiger charge is -2.41. The standard InChI is InChI=1S/C21H27N9O/c1-16-21(17(10-22)11-23)31-9-8-30(16)20(4-5-25-2)28-14-19(13-26-3)29-7-6-27-18(12-24)15-29/h4-6,10-11,13,15-16,21-22H,2-3,7-9,14,23H2,1H3/b5-4-,17-11+,19-13-,22-10?,28-20?. The molecule has 2 aliphatic rings. The third-order valence-electron chi connectivity index (χ3n) is 4.78. The molecule has 0 bridgehead atoms. The van der Waals surface area contributed by atoms with E-state index in [0.29, 0.717) is 36.8 Å². The van der Waals surface area contributed by atoms with Crippen LogP contribution >= 0.6 is 0 Å². The van der Waals surface area contributed by atoms with Crippen molar-refractivity contribution >= 4 is 31.7 Å². The van der Waals surface area contributed by atoms with Crippen molar-refractivity contribution in [2.24, 2.45) is 25.7 Å². The molecule has 2 rings (SSSR count). The van der Waals surface area contributed by atoms with Gasteiger partial charge in [-0.1, -0.05) is 0 Å². The van der Waals surface area contributed by atoms with E-state index in [0.717, 1.165) is 5.70 Å². The molecule has 0 saturated carbocycles. The van der Waals surface area contributed by atoms with Crippen LogP contribution in [0.2, 0.25) is 0 Å². The van der Waals surface area contributed by atoms with Gasteiger partial charge in [-0.3, -0.25) is 15.0 Å². The Labute approximate surface area is 182 Å². The molecule has 2 aliphatic heterocycles. The van der Waals surface area contributed by atoms with Crippen LogP contribution in [0.3, 0.4) is 0 Å². The van der Waals surface area contributed by atoms with Crippen LogP contribution in [0, 0.1) is 16.7 Å². The van der Waals surface area contributed by atoms with Crippen molar-refractivity contribution in [3.05, 3.63) is 47.8 Å². The van der Waals surface area contributed by atoms with Gasteiger partial charge in [0.15, 0.2) is 5.70 Å². The van der Waals surface area contributed by atoms with E-state index in [1.54, 1.807) is 30.9 Å². The number of aliphatic imine (C=N–C) groups is 4. The minimum Gasteiger partial charge on any atom is -0.404 e. The monoisotopic (exact) mass is 421 g/mol. The average molecular weight is 422 g/mol. The quantitative estimate of drug-likeness (QED) is 0.451. The smallest absolute Gasteiger partial charge is 0.156 e. The third kappa shape index (κ3) is 6.07. The van der Waals surface area contributed by atoms with Crippen LogP contribution in [-0.4, -0.2) is 79.9 Å².